The number of nitrogens with zero attached hydrogens (tertiary/aromatic N) is 2. The average Bonchev–Trinajstić information content (AvgIpc) is 3.00. The van der Waals surface area contributed by atoms with E-state index in [1.807, 2.05) is 20.8 Å². The molecule has 1 aliphatic rings. The van der Waals surface area contributed by atoms with Crippen LogP contribution in [0.25, 0.3) is 10.2 Å². The van der Waals surface area contributed by atoms with Crippen molar-refractivity contribution >= 4 is 38.7 Å². The second-order valence-electron chi connectivity index (χ2n) is 8.18. The number of hydrogen-bond donors (Lipinski definition) is 2. The van der Waals surface area contributed by atoms with Gasteiger partial charge in [-0.25, -0.2) is 14.2 Å². The van der Waals surface area contributed by atoms with Crippen LogP contribution in [0.5, 0.6) is 0 Å². The lowest BCUT2D eigenvalue weighted by Crippen LogP contribution is -2.49. The van der Waals surface area contributed by atoms with Gasteiger partial charge in [-0.1, -0.05) is 17.8 Å². The summed E-state index contributed by atoms with van der Waals surface area (Å²) in [6.07, 6.45) is 2.52. The Bertz CT molecular complexity index is 880. The molecule has 1 aromatic heterocycles. The van der Waals surface area contributed by atoms with Crippen LogP contribution in [0.4, 0.5) is 14.3 Å². The molecule has 158 valence electrons. The van der Waals surface area contributed by atoms with Crippen molar-refractivity contribution in [3.8, 4) is 0 Å². The molecule has 0 spiro atoms. The topological polar surface area (TPSA) is 83.6 Å². The van der Waals surface area contributed by atoms with Crippen molar-refractivity contribution < 1.29 is 18.7 Å². The molecule has 1 saturated heterocycles. The summed E-state index contributed by atoms with van der Waals surface area (Å²) in [5.74, 6) is -0.499. The van der Waals surface area contributed by atoms with Gasteiger partial charge in [-0.2, -0.15) is 0 Å². The van der Waals surface area contributed by atoms with Gasteiger partial charge in [0.25, 0.3) is 0 Å². The number of aromatic nitrogens is 1. The van der Waals surface area contributed by atoms with Gasteiger partial charge in [0, 0.05) is 12.6 Å². The molecule has 1 unspecified atom stereocenters. The lowest BCUT2D eigenvalue weighted by Gasteiger charge is -2.35. The minimum Gasteiger partial charge on any atom is -0.444 e. The first-order chi connectivity index (χ1) is 13.7. The number of hydrogen-bond acceptors (Lipinski definition) is 6. The molecule has 0 radical (unpaired) electrons. The predicted octanol–water partition coefficient (Wildman–Crippen LogP) is 3.75. The van der Waals surface area contributed by atoms with E-state index < -0.39 is 11.7 Å². The number of anilines is 1. The van der Waals surface area contributed by atoms with E-state index in [1.54, 1.807) is 6.07 Å². The van der Waals surface area contributed by atoms with E-state index in [-0.39, 0.29) is 24.3 Å². The molecule has 2 heterocycles. The van der Waals surface area contributed by atoms with Gasteiger partial charge in [0.2, 0.25) is 5.91 Å². The number of likely N-dealkylation sites (tertiary alicyclic amines) is 1. The van der Waals surface area contributed by atoms with E-state index in [9.17, 15) is 14.0 Å². The molecule has 0 bridgehead atoms. The van der Waals surface area contributed by atoms with Crippen LogP contribution in [0.2, 0.25) is 0 Å². The molecule has 2 N–H and O–H groups in total. The number of rotatable bonds is 5. The summed E-state index contributed by atoms with van der Waals surface area (Å²) in [4.78, 5) is 30.8. The number of thiazole rings is 1. The van der Waals surface area contributed by atoms with Gasteiger partial charge in [0.05, 0.1) is 16.8 Å². The molecule has 29 heavy (non-hydrogen) atoms. The zero-order valence-corrected chi connectivity index (χ0v) is 17.8. The van der Waals surface area contributed by atoms with Crippen LogP contribution < -0.4 is 10.6 Å². The van der Waals surface area contributed by atoms with Crippen molar-refractivity contribution in [3.63, 3.8) is 0 Å². The quantitative estimate of drug-likeness (QED) is 0.767. The number of carbonyl (C=O) groups is 2. The maximum absolute atomic E-state index is 13.3. The number of nitrogens with one attached hydrogen (secondary N) is 2. The first-order valence-corrected chi connectivity index (χ1v) is 10.6. The van der Waals surface area contributed by atoms with Crippen molar-refractivity contribution in [2.45, 2.75) is 51.7 Å². The highest BCUT2D eigenvalue weighted by Crippen LogP contribution is 2.26. The van der Waals surface area contributed by atoms with Gasteiger partial charge in [0.1, 0.15) is 11.4 Å². The molecule has 0 aliphatic carbocycles. The monoisotopic (exact) mass is 422 g/mol. The van der Waals surface area contributed by atoms with Gasteiger partial charge in [0.15, 0.2) is 5.13 Å². The zero-order valence-electron chi connectivity index (χ0n) is 17.0. The fourth-order valence-corrected chi connectivity index (χ4v) is 4.22. The molecule has 1 aromatic carbocycles. The zero-order chi connectivity index (χ0) is 21.0. The highest BCUT2D eigenvalue weighted by Gasteiger charge is 2.26. The van der Waals surface area contributed by atoms with Crippen molar-refractivity contribution in [1.29, 1.82) is 0 Å². The molecule has 7 nitrogen and oxygen atoms in total. The Hall–Kier alpha value is -2.26. The summed E-state index contributed by atoms with van der Waals surface area (Å²) in [5, 5.41) is 6.07. The molecule has 3 rings (SSSR count). The van der Waals surface area contributed by atoms with Crippen molar-refractivity contribution in [3.05, 3.63) is 24.0 Å². The lowest BCUT2D eigenvalue weighted by molar-refractivity contribution is -0.118. The van der Waals surface area contributed by atoms with Crippen molar-refractivity contribution in [1.82, 2.24) is 15.2 Å². The average molecular weight is 423 g/mol. The molecule has 1 aliphatic heterocycles. The molecular weight excluding hydrogens is 395 g/mol. The molecule has 9 heteroatoms. The van der Waals surface area contributed by atoms with Crippen LogP contribution in [0, 0.1) is 5.82 Å². The molecule has 0 saturated carbocycles. The fourth-order valence-electron chi connectivity index (χ4n) is 3.31. The Morgan fingerprint density at radius 2 is 2.14 bits per heavy atom. The van der Waals surface area contributed by atoms with Crippen LogP contribution >= 0.6 is 11.3 Å². The summed E-state index contributed by atoms with van der Waals surface area (Å²) in [6, 6.07) is 4.43. The highest BCUT2D eigenvalue weighted by atomic mass is 32.1. The summed E-state index contributed by atoms with van der Waals surface area (Å²) < 4.78 is 19.3. The summed E-state index contributed by atoms with van der Waals surface area (Å²) in [5.41, 5.74) is 0.111. The van der Waals surface area contributed by atoms with Gasteiger partial charge in [-0.3, -0.25) is 9.69 Å². The number of halogens is 1. The third-order valence-corrected chi connectivity index (χ3v) is 5.51. The lowest BCUT2D eigenvalue weighted by atomic mass is 10.0. The summed E-state index contributed by atoms with van der Waals surface area (Å²) >= 11 is 1.25. The Morgan fingerprint density at radius 1 is 1.34 bits per heavy atom. The third kappa shape index (κ3) is 6.37. The maximum Gasteiger partial charge on any atom is 0.407 e. The fraction of sp³-hybridized carbons (Fsp3) is 0.550. The minimum absolute atomic E-state index is 0.0754. The number of benzene rings is 1. The Balaban J connectivity index is 1.54. The Kier molecular flexibility index (Phi) is 6.69. The van der Waals surface area contributed by atoms with E-state index in [2.05, 4.69) is 20.5 Å². The van der Waals surface area contributed by atoms with E-state index >= 15 is 0 Å². The van der Waals surface area contributed by atoms with Gasteiger partial charge < -0.3 is 15.4 Å². The Morgan fingerprint density at radius 3 is 2.90 bits per heavy atom. The molecule has 2 aromatic rings. The van der Waals surface area contributed by atoms with Gasteiger partial charge in [-0.05, 0) is 58.4 Å². The van der Waals surface area contributed by atoms with Crippen LogP contribution in [-0.4, -0.2) is 53.2 Å². The molecule has 1 fully saturated rings. The second kappa shape index (κ2) is 9.04. The minimum atomic E-state index is -0.545. The van der Waals surface area contributed by atoms with E-state index in [4.69, 9.17) is 4.74 Å². The van der Waals surface area contributed by atoms with E-state index in [0.29, 0.717) is 21.9 Å². The molecule has 2 amide bonds. The number of fused-ring (bicyclic) bond motifs is 1. The molecular formula is C20H27FN4O3S. The smallest absolute Gasteiger partial charge is 0.407 e. The largest absolute Gasteiger partial charge is 0.444 e. The first kappa shape index (κ1) is 21.4. The number of piperidine rings is 1. The number of carbonyl (C=O) groups excluding carboxylic acids is 2. The van der Waals surface area contributed by atoms with Crippen LogP contribution in [-0.2, 0) is 9.53 Å². The standard InChI is InChI=1S/C20H27FN4O3S/c1-20(2,3)28-19(27)22-11-14-6-4-5-9-25(14)12-17(26)24-18-23-15-8-7-13(21)10-16(15)29-18/h7-8,10,14H,4-6,9,11-12H2,1-3H3,(H,22,27)(H,23,24,26). The van der Waals surface area contributed by atoms with E-state index in [0.717, 1.165) is 25.8 Å². The van der Waals surface area contributed by atoms with Gasteiger partial charge >= 0.3 is 6.09 Å². The highest BCUT2D eigenvalue weighted by molar-refractivity contribution is 7.22. The second-order valence-corrected chi connectivity index (χ2v) is 9.21. The van der Waals surface area contributed by atoms with Crippen LogP contribution in [0.1, 0.15) is 40.0 Å². The molecule has 1 atom stereocenters. The van der Waals surface area contributed by atoms with Crippen molar-refractivity contribution in [2.75, 3.05) is 25.0 Å². The van der Waals surface area contributed by atoms with Crippen molar-refractivity contribution in [2.24, 2.45) is 0 Å². The number of alkyl carbamates (subject to hydrolysis) is 1. The first-order valence-electron chi connectivity index (χ1n) is 9.76. The summed E-state index contributed by atoms with van der Waals surface area (Å²) in [7, 11) is 0. The predicted molar refractivity (Wildman–Crippen MR) is 112 cm³/mol. The normalized spacial score (nSPS) is 17.9. The Labute approximate surface area is 173 Å². The van der Waals surface area contributed by atoms with Crippen LogP contribution in [0.3, 0.4) is 0 Å². The van der Waals surface area contributed by atoms with Gasteiger partial charge in [-0.15, -0.1) is 0 Å². The maximum atomic E-state index is 13.3. The summed E-state index contributed by atoms with van der Waals surface area (Å²) in [6.45, 7) is 6.90. The van der Waals surface area contributed by atoms with Crippen LogP contribution in [0.15, 0.2) is 18.2 Å². The third-order valence-electron chi connectivity index (χ3n) is 4.57. The SMILES string of the molecule is CC(C)(C)OC(=O)NCC1CCCCN1CC(=O)Nc1nc2ccc(F)cc2s1. The van der Waals surface area contributed by atoms with E-state index in [1.165, 1.54) is 23.5 Å². The number of ether oxygens (including phenoxy) is 1. The number of amides is 2.